The Hall–Kier alpha value is -0.610. The topological polar surface area (TPSA) is 75.3 Å². The van der Waals surface area contributed by atoms with Gasteiger partial charge >= 0.3 is 0 Å². The van der Waals surface area contributed by atoms with Gasteiger partial charge in [-0.25, -0.2) is 0 Å². The highest BCUT2D eigenvalue weighted by Crippen LogP contribution is 2.23. The van der Waals surface area contributed by atoms with Crippen molar-refractivity contribution in [3.8, 4) is 0 Å². The Bertz CT molecular complexity index is 197. The van der Waals surface area contributed by atoms with E-state index < -0.39 is 0 Å². The fourth-order valence-electron chi connectivity index (χ4n) is 1.87. The summed E-state index contributed by atoms with van der Waals surface area (Å²) in [5.74, 6) is 0.0921. The summed E-state index contributed by atoms with van der Waals surface area (Å²) in [7, 11) is 0. The molecule has 1 aliphatic rings. The Balaban J connectivity index is 2.36. The first-order valence-electron chi connectivity index (χ1n) is 5.30. The number of carbonyl (C=O) groups excluding carboxylic acids is 1. The van der Waals surface area contributed by atoms with Gasteiger partial charge in [-0.3, -0.25) is 4.79 Å². The van der Waals surface area contributed by atoms with Crippen molar-refractivity contribution in [3.63, 3.8) is 0 Å². The number of nitrogens with one attached hydrogen (secondary N) is 1. The zero-order valence-electron chi connectivity index (χ0n) is 8.70. The minimum atomic E-state index is -0.152. The molecule has 0 spiro atoms. The predicted molar refractivity (Wildman–Crippen MR) is 54.6 cm³/mol. The number of carbonyl (C=O) groups is 1. The maximum absolute atomic E-state index is 11.6. The molecule has 3 atom stereocenters. The summed E-state index contributed by atoms with van der Waals surface area (Å²) < 4.78 is 0. The van der Waals surface area contributed by atoms with Crippen LogP contribution >= 0.6 is 0 Å². The number of nitrogens with two attached hydrogens (primary N) is 1. The largest absolute Gasteiger partial charge is 0.394 e. The van der Waals surface area contributed by atoms with Crippen LogP contribution in [-0.2, 0) is 4.79 Å². The van der Waals surface area contributed by atoms with Gasteiger partial charge in [0.1, 0.15) is 0 Å². The fourth-order valence-corrected chi connectivity index (χ4v) is 1.87. The second-order valence-corrected chi connectivity index (χ2v) is 4.22. The third-order valence-electron chi connectivity index (χ3n) is 2.75. The van der Waals surface area contributed by atoms with E-state index in [1.54, 1.807) is 6.92 Å². The molecule has 4 N–H and O–H groups in total. The Kier molecular flexibility index (Phi) is 4.35. The molecule has 0 saturated heterocycles. The minimum Gasteiger partial charge on any atom is -0.394 e. The lowest BCUT2D eigenvalue weighted by Crippen LogP contribution is -2.42. The van der Waals surface area contributed by atoms with Gasteiger partial charge in [0.25, 0.3) is 0 Å². The normalized spacial score (nSPS) is 29.6. The van der Waals surface area contributed by atoms with Crippen molar-refractivity contribution in [2.45, 2.75) is 44.7 Å². The lowest BCUT2D eigenvalue weighted by atomic mass is 9.85. The molecule has 2 unspecified atom stereocenters. The van der Waals surface area contributed by atoms with Crippen LogP contribution < -0.4 is 11.1 Å². The minimum absolute atomic E-state index is 0.00941. The number of hydrogen-bond donors (Lipinski definition) is 3. The summed E-state index contributed by atoms with van der Waals surface area (Å²) >= 11 is 0. The van der Waals surface area contributed by atoms with Crippen LogP contribution in [0.25, 0.3) is 0 Å². The molecule has 1 rings (SSSR count). The Morgan fingerprint density at radius 3 is 2.93 bits per heavy atom. The van der Waals surface area contributed by atoms with Crippen molar-refractivity contribution in [1.82, 2.24) is 5.32 Å². The summed E-state index contributed by atoms with van der Waals surface area (Å²) in [6, 6.07) is 0.0181. The molecule has 0 heterocycles. The molecule has 0 aromatic rings. The first-order chi connectivity index (χ1) is 6.63. The maximum Gasteiger partial charge on any atom is 0.223 e. The van der Waals surface area contributed by atoms with Crippen molar-refractivity contribution >= 4 is 5.91 Å². The van der Waals surface area contributed by atoms with Crippen molar-refractivity contribution in [3.05, 3.63) is 0 Å². The van der Waals surface area contributed by atoms with Gasteiger partial charge < -0.3 is 16.2 Å². The molecule has 0 aromatic carbocycles. The van der Waals surface area contributed by atoms with E-state index in [1.165, 1.54) is 0 Å². The highest BCUT2D eigenvalue weighted by molar-refractivity contribution is 5.79. The second kappa shape index (κ2) is 5.32. The van der Waals surface area contributed by atoms with E-state index in [2.05, 4.69) is 5.32 Å². The van der Waals surface area contributed by atoms with Crippen LogP contribution in [0.2, 0.25) is 0 Å². The van der Waals surface area contributed by atoms with E-state index in [4.69, 9.17) is 10.8 Å². The molecule has 4 nitrogen and oxygen atoms in total. The molecule has 1 saturated carbocycles. The number of amides is 1. The SMILES string of the molecule is C[C@@H](CO)NC(=O)C1CCCC(N)C1. The summed E-state index contributed by atoms with van der Waals surface area (Å²) in [4.78, 5) is 11.6. The van der Waals surface area contributed by atoms with Crippen LogP contribution in [0, 0.1) is 5.92 Å². The van der Waals surface area contributed by atoms with Crippen LogP contribution in [0.1, 0.15) is 32.6 Å². The molecule has 0 aromatic heterocycles. The second-order valence-electron chi connectivity index (χ2n) is 4.22. The van der Waals surface area contributed by atoms with E-state index in [0.717, 1.165) is 25.7 Å². The van der Waals surface area contributed by atoms with E-state index in [0.29, 0.717) is 0 Å². The predicted octanol–water partition coefficient (Wildman–Crippen LogP) is 0.000900. The molecular weight excluding hydrogens is 180 g/mol. The molecule has 1 fully saturated rings. The molecule has 1 aliphatic carbocycles. The number of aliphatic hydroxyl groups excluding tert-OH is 1. The van der Waals surface area contributed by atoms with Gasteiger partial charge in [0.15, 0.2) is 0 Å². The highest BCUT2D eigenvalue weighted by Gasteiger charge is 2.25. The monoisotopic (exact) mass is 200 g/mol. The lowest BCUT2D eigenvalue weighted by molar-refractivity contribution is -0.127. The van der Waals surface area contributed by atoms with Crippen LogP contribution in [0.5, 0.6) is 0 Å². The molecule has 14 heavy (non-hydrogen) atoms. The third-order valence-corrected chi connectivity index (χ3v) is 2.75. The fraction of sp³-hybridized carbons (Fsp3) is 0.900. The molecule has 82 valence electrons. The Morgan fingerprint density at radius 2 is 2.36 bits per heavy atom. The molecular formula is C10H20N2O2. The first kappa shape index (κ1) is 11.5. The molecule has 0 aliphatic heterocycles. The molecule has 1 amide bonds. The zero-order chi connectivity index (χ0) is 10.6. The third kappa shape index (κ3) is 3.27. The van der Waals surface area contributed by atoms with Crippen molar-refractivity contribution < 1.29 is 9.90 Å². The summed E-state index contributed by atoms with van der Waals surface area (Å²) in [6.07, 6.45) is 3.77. The van der Waals surface area contributed by atoms with Crippen LogP contribution in [0.15, 0.2) is 0 Å². The highest BCUT2D eigenvalue weighted by atomic mass is 16.3. The first-order valence-corrected chi connectivity index (χ1v) is 5.30. The van der Waals surface area contributed by atoms with Gasteiger partial charge in [-0.2, -0.15) is 0 Å². The summed E-state index contributed by atoms with van der Waals surface area (Å²) in [5, 5.41) is 11.6. The van der Waals surface area contributed by atoms with Gasteiger partial charge in [-0.1, -0.05) is 6.42 Å². The zero-order valence-corrected chi connectivity index (χ0v) is 8.70. The molecule has 0 bridgehead atoms. The standard InChI is InChI=1S/C10H20N2O2/c1-7(6-13)12-10(14)8-3-2-4-9(11)5-8/h7-9,13H,2-6,11H2,1H3,(H,12,14)/t7-,8?,9?/m0/s1. The van der Waals surface area contributed by atoms with Gasteiger partial charge in [0.05, 0.1) is 6.61 Å². The molecule has 0 radical (unpaired) electrons. The van der Waals surface area contributed by atoms with Crippen molar-refractivity contribution in [2.75, 3.05) is 6.61 Å². The molecule has 4 heteroatoms. The van der Waals surface area contributed by atoms with E-state index in [9.17, 15) is 4.79 Å². The number of hydrogen-bond acceptors (Lipinski definition) is 3. The maximum atomic E-state index is 11.6. The Morgan fingerprint density at radius 1 is 1.64 bits per heavy atom. The lowest BCUT2D eigenvalue weighted by Gasteiger charge is -2.26. The smallest absolute Gasteiger partial charge is 0.223 e. The van der Waals surface area contributed by atoms with Gasteiger partial charge in [-0.15, -0.1) is 0 Å². The van der Waals surface area contributed by atoms with Crippen LogP contribution in [-0.4, -0.2) is 29.7 Å². The van der Waals surface area contributed by atoms with Gasteiger partial charge in [-0.05, 0) is 26.2 Å². The summed E-state index contributed by atoms with van der Waals surface area (Å²) in [6.45, 7) is 1.78. The number of rotatable bonds is 3. The van der Waals surface area contributed by atoms with Crippen molar-refractivity contribution in [2.24, 2.45) is 11.7 Å². The Labute approximate surface area is 84.9 Å². The van der Waals surface area contributed by atoms with E-state index in [-0.39, 0.29) is 30.5 Å². The van der Waals surface area contributed by atoms with E-state index >= 15 is 0 Å². The van der Waals surface area contributed by atoms with Crippen LogP contribution in [0.3, 0.4) is 0 Å². The van der Waals surface area contributed by atoms with Crippen LogP contribution in [0.4, 0.5) is 0 Å². The van der Waals surface area contributed by atoms with Crippen molar-refractivity contribution in [1.29, 1.82) is 0 Å². The van der Waals surface area contributed by atoms with Gasteiger partial charge in [0.2, 0.25) is 5.91 Å². The van der Waals surface area contributed by atoms with E-state index in [1.807, 2.05) is 0 Å². The summed E-state index contributed by atoms with van der Waals surface area (Å²) in [5.41, 5.74) is 5.80. The number of aliphatic hydroxyl groups is 1. The van der Waals surface area contributed by atoms with Gasteiger partial charge in [0, 0.05) is 18.0 Å². The quantitative estimate of drug-likeness (QED) is 0.600. The average molecular weight is 200 g/mol. The average Bonchev–Trinajstić information content (AvgIpc) is 2.17.